The fraction of sp³-hybridized carbons (Fsp3) is 0.412. The number of alkyl halides is 3. The van der Waals surface area contributed by atoms with E-state index in [4.69, 9.17) is 0 Å². The van der Waals surface area contributed by atoms with Crippen LogP contribution in [0.5, 0.6) is 0 Å². The highest BCUT2D eigenvalue weighted by Crippen LogP contribution is 2.34. The number of aromatic nitrogens is 2. The van der Waals surface area contributed by atoms with Crippen molar-refractivity contribution in [2.75, 3.05) is 13.1 Å². The Bertz CT molecular complexity index is 833. The van der Waals surface area contributed by atoms with E-state index in [1.165, 1.54) is 18.3 Å². The molecule has 1 saturated heterocycles. The van der Waals surface area contributed by atoms with E-state index in [-0.39, 0.29) is 23.9 Å². The molecule has 1 N–H and O–H groups in total. The van der Waals surface area contributed by atoms with Crippen LogP contribution in [0.15, 0.2) is 35.3 Å². The first-order valence-corrected chi connectivity index (χ1v) is 7.91. The first kappa shape index (κ1) is 17.9. The van der Waals surface area contributed by atoms with Crippen LogP contribution in [-0.2, 0) is 12.7 Å². The summed E-state index contributed by atoms with van der Waals surface area (Å²) < 4.78 is 39.7. The predicted molar refractivity (Wildman–Crippen MR) is 89.9 cm³/mol. The molecular formula is C17H17ClF3N3O. The van der Waals surface area contributed by atoms with Crippen molar-refractivity contribution < 1.29 is 13.2 Å². The molecule has 1 fully saturated rings. The number of rotatable bonds is 1. The molecule has 2 aliphatic rings. The van der Waals surface area contributed by atoms with Gasteiger partial charge in [-0.1, -0.05) is 6.07 Å². The number of hydrogen-bond acceptors (Lipinski definition) is 3. The van der Waals surface area contributed by atoms with E-state index in [0.717, 1.165) is 31.3 Å². The van der Waals surface area contributed by atoms with Gasteiger partial charge in [0.15, 0.2) is 0 Å². The average molecular weight is 372 g/mol. The molecule has 0 aliphatic carbocycles. The Labute approximate surface area is 148 Å². The van der Waals surface area contributed by atoms with Crippen LogP contribution in [0.2, 0.25) is 0 Å². The van der Waals surface area contributed by atoms with Crippen molar-refractivity contribution >= 4 is 12.4 Å². The fourth-order valence-corrected chi connectivity index (χ4v) is 3.70. The van der Waals surface area contributed by atoms with Crippen molar-refractivity contribution in [2.45, 2.75) is 25.1 Å². The molecule has 2 aromatic heterocycles. The van der Waals surface area contributed by atoms with Crippen molar-refractivity contribution in [3.8, 4) is 11.1 Å². The Morgan fingerprint density at radius 1 is 1.16 bits per heavy atom. The molecule has 4 rings (SSSR count). The lowest BCUT2D eigenvalue weighted by Gasteiger charge is -2.37. The Morgan fingerprint density at radius 2 is 1.96 bits per heavy atom. The number of nitrogens with one attached hydrogen (secondary N) is 1. The van der Waals surface area contributed by atoms with Crippen molar-refractivity contribution in [3.63, 3.8) is 0 Å². The quantitative estimate of drug-likeness (QED) is 0.838. The van der Waals surface area contributed by atoms with Crippen LogP contribution in [0.3, 0.4) is 0 Å². The molecule has 8 heteroatoms. The number of pyridine rings is 2. The summed E-state index contributed by atoms with van der Waals surface area (Å²) in [4.78, 5) is 15.9. The lowest BCUT2D eigenvalue weighted by atomic mass is 9.83. The van der Waals surface area contributed by atoms with E-state index >= 15 is 0 Å². The molecule has 134 valence electrons. The maximum absolute atomic E-state index is 12.6. The molecule has 2 aliphatic heterocycles. The van der Waals surface area contributed by atoms with Crippen molar-refractivity contribution in [2.24, 2.45) is 5.92 Å². The van der Waals surface area contributed by atoms with Gasteiger partial charge in [-0.2, -0.15) is 13.2 Å². The smallest absolute Gasteiger partial charge is 0.316 e. The molecule has 2 aromatic rings. The zero-order valence-corrected chi connectivity index (χ0v) is 14.0. The summed E-state index contributed by atoms with van der Waals surface area (Å²) in [5.74, 6) is 0.736. The number of nitrogens with zero attached hydrogens (tertiary/aromatic N) is 2. The summed E-state index contributed by atoms with van der Waals surface area (Å²) in [7, 11) is 0. The van der Waals surface area contributed by atoms with Crippen LogP contribution in [0.1, 0.15) is 23.7 Å². The summed E-state index contributed by atoms with van der Waals surface area (Å²) >= 11 is 0. The second kappa shape index (κ2) is 6.46. The highest BCUT2D eigenvalue weighted by molar-refractivity contribution is 5.85. The predicted octanol–water partition coefficient (Wildman–Crippen LogP) is 3.06. The number of piperidine rings is 1. The van der Waals surface area contributed by atoms with E-state index in [1.54, 1.807) is 4.57 Å². The zero-order chi connectivity index (χ0) is 16.9. The molecule has 2 bridgehead atoms. The summed E-state index contributed by atoms with van der Waals surface area (Å²) in [6, 6.07) is 5.72. The third-order valence-electron chi connectivity index (χ3n) is 4.85. The van der Waals surface area contributed by atoms with Crippen LogP contribution >= 0.6 is 12.4 Å². The third-order valence-corrected chi connectivity index (χ3v) is 4.85. The maximum Gasteiger partial charge on any atom is 0.433 e. The van der Waals surface area contributed by atoms with Crippen molar-refractivity contribution in [3.05, 3.63) is 52.2 Å². The SMILES string of the molecule is Cl.O=c1cc(-c2ccc(C(F)(F)F)nc2)cc2n1C[C@@H]1CNC[C@H]2C1. The van der Waals surface area contributed by atoms with Gasteiger partial charge in [-0.25, -0.2) is 0 Å². The van der Waals surface area contributed by atoms with E-state index in [2.05, 4.69) is 10.3 Å². The molecule has 4 heterocycles. The molecule has 0 spiro atoms. The number of hydrogen-bond donors (Lipinski definition) is 1. The molecule has 0 unspecified atom stereocenters. The summed E-state index contributed by atoms with van der Waals surface area (Å²) in [5.41, 5.74) is 1.07. The van der Waals surface area contributed by atoms with E-state index in [9.17, 15) is 18.0 Å². The Balaban J connectivity index is 0.00000182. The molecule has 4 nitrogen and oxygen atoms in total. The van der Waals surface area contributed by atoms with Gasteiger partial charge in [-0.3, -0.25) is 9.78 Å². The second-order valence-electron chi connectivity index (χ2n) is 6.50. The van der Waals surface area contributed by atoms with Crippen molar-refractivity contribution in [1.82, 2.24) is 14.9 Å². The van der Waals surface area contributed by atoms with Gasteiger partial charge in [0, 0.05) is 42.5 Å². The topological polar surface area (TPSA) is 46.9 Å². The Kier molecular flexibility index (Phi) is 4.64. The maximum atomic E-state index is 12.6. The minimum Gasteiger partial charge on any atom is -0.316 e. The fourth-order valence-electron chi connectivity index (χ4n) is 3.70. The Morgan fingerprint density at radius 3 is 2.64 bits per heavy atom. The number of fused-ring (bicyclic) bond motifs is 4. The van der Waals surface area contributed by atoms with Crippen LogP contribution in [-0.4, -0.2) is 22.6 Å². The van der Waals surface area contributed by atoms with Gasteiger partial charge in [-0.15, -0.1) is 12.4 Å². The minimum atomic E-state index is -4.46. The highest BCUT2D eigenvalue weighted by Gasteiger charge is 2.33. The average Bonchev–Trinajstić information content (AvgIpc) is 2.55. The van der Waals surface area contributed by atoms with Crippen LogP contribution in [0.25, 0.3) is 11.1 Å². The van der Waals surface area contributed by atoms with Crippen molar-refractivity contribution in [1.29, 1.82) is 0 Å². The standard InChI is InChI=1S/C17H16F3N3O.ClH/c18-17(19,20)15-2-1-11(8-22-15)12-4-14-13-3-10(6-21-7-13)9-23(14)16(24)5-12;/h1-2,4-5,8,10,13,21H,3,6-7,9H2;1H/t10-,13+;/m0./s1. The van der Waals surface area contributed by atoms with Crippen LogP contribution in [0.4, 0.5) is 13.2 Å². The van der Waals surface area contributed by atoms with Gasteiger partial charge < -0.3 is 9.88 Å². The lowest BCUT2D eigenvalue weighted by Crippen LogP contribution is -2.44. The summed E-state index contributed by atoms with van der Waals surface area (Å²) in [6.07, 6.45) is -2.24. The first-order chi connectivity index (χ1) is 11.4. The Hall–Kier alpha value is -1.86. The molecule has 0 aromatic carbocycles. The number of halogens is 4. The molecule has 0 radical (unpaired) electrons. The molecule has 2 atom stereocenters. The normalized spacial score (nSPS) is 22.0. The van der Waals surface area contributed by atoms with Gasteiger partial charge in [-0.05, 0) is 36.6 Å². The van der Waals surface area contributed by atoms with Crippen LogP contribution < -0.4 is 10.9 Å². The van der Waals surface area contributed by atoms with E-state index < -0.39 is 11.9 Å². The first-order valence-electron chi connectivity index (χ1n) is 7.91. The van der Waals surface area contributed by atoms with Crippen LogP contribution in [0, 0.1) is 5.92 Å². The largest absolute Gasteiger partial charge is 0.433 e. The third kappa shape index (κ3) is 3.30. The van der Waals surface area contributed by atoms with Gasteiger partial charge in [0.25, 0.3) is 5.56 Å². The molecular weight excluding hydrogens is 355 g/mol. The van der Waals surface area contributed by atoms with Gasteiger partial charge in [0.1, 0.15) is 5.69 Å². The molecule has 25 heavy (non-hydrogen) atoms. The highest BCUT2D eigenvalue weighted by atomic mass is 35.5. The zero-order valence-electron chi connectivity index (χ0n) is 13.2. The van der Waals surface area contributed by atoms with Gasteiger partial charge in [0.2, 0.25) is 0 Å². The molecule has 0 saturated carbocycles. The summed E-state index contributed by atoms with van der Waals surface area (Å²) in [5, 5.41) is 3.38. The van der Waals surface area contributed by atoms with Gasteiger partial charge in [0.05, 0.1) is 0 Å². The van der Waals surface area contributed by atoms with Gasteiger partial charge >= 0.3 is 6.18 Å². The minimum absolute atomic E-state index is 0. The molecule has 0 amide bonds. The monoisotopic (exact) mass is 371 g/mol. The lowest BCUT2D eigenvalue weighted by molar-refractivity contribution is -0.141. The summed E-state index contributed by atoms with van der Waals surface area (Å²) in [6.45, 7) is 2.45. The van der Waals surface area contributed by atoms with E-state index in [1.807, 2.05) is 6.07 Å². The van der Waals surface area contributed by atoms with E-state index in [0.29, 0.717) is 23.6 Å². The second-order valence-corrected chi connectivity index (χ2v) is 6.50.